The SMILES string of the molecule is N[SH](=O)=O.O=c1c2ccccc2c(-c2ccccc2)nn1C1CCCCC1. The molecule has 1 saturated carbocycles. The molecule has 1 aliphatic carbocycles. The van der Waals surface area contributed by atoms with Gasteiger partial charge in [0.2, 0.25) is 0 Å². The van der Waals surface area contributed by atoms with E-state index in [-0.39, 0.29) is 11.6 Å². The Labute approximate surface area is 159 Å². The lowest BCUT2D eigenvalue weighted by molar-refractivity contribution is 0.321. The minimum absolute atomic E-state index is 0.0483. The van der Waals surface area contributed by atoms with Crippen LogP contribution < -0.4 is 10.7 Å². The van der Waals surface area contributed by atoms with Crippen molar-refractivity contribution in [2.45, 2.75) is 38.1 Å². The number of rotatable bonds is 2. The number of hydrogen-bond acceptors (Lipinski definition) is 4. The minimum Gasteiger partial charge on any atom is -0.267 e. The normalized spacial score (nSPS) is 14.7. The number of benzene rings is 2. The summed E-state index contributed by atoms with van der Waals surface area (Å²) in [5.41, 5.74) is 2.02. The van der Waals surface area contributed by atoms with Gasteiger partial charge >= 0.3 is 0 Å². The first kappa shape index (κ1) is 19.3. The third-order valence-electron chi connectivity index (χ3n) is 4.80. The Bertz CT molecular complexity index is 1030. The molecule has 0 unspecified atom stereocenters. The van der Waals surface area contributed by atoms with Gasteiger partial charge in [0.15, 0.2) is 10.9 Å². The summed E-state index contributed by atoms with van der Waals surface area (Å²) >= 11 is 0. The molecule has 0 amide bonds. The molecule has 3 aromatic rings. The molecule has 0 radical (unpaired) electrons. The molecule has 1 aromatic heterocycles. The fraction of sp³-hybridized carbons (Fsp3) is 0.300. The second kappa shape index (κ2) is 8.92. The maximum Gasteiger partial charge on any atom is 0.274 e. The highest BCUT2D eigenvalue weighted by atomic mass is 32.2. The number of aromatic nitrogens is 2. The second-order valence-corrected chi connectivity index (χ2v) is 7.16. The number of thiol groups is 1. The van der Waals surface area contributed by atoms with Gasteiger partial charge in [0.1, 0.15) is 0 Å². The Hall–Kier alpha value is -2.51. The zero-order chi connectivity index (χ0) is 19.2. The van der Waals surface area contributed by atoms with Crippen LogP contribution in [-0.2, 0) is 10.9 Å². The van der Waals surface area contributed by atoms with Crippen LogP contribution in [0.25, 0.3) is 22.0 Å². The van der Waals surface area contributed by atoms with E-state index in [2.05, 4.69) is 17.3 Å². The highest BCUT2D eigenvalue weighted by Crippen LogP contribution is 2.29. The molecule has 0 atom stereocenters. The average molecular weight is 385 g/mol. The van der Waals surface area contributed by atoms with Crippen LogP contribution in [0.15, 0.2) is 59.4 Å². The molecule has 0 spiro atoms. The number of nitrogens with two attached hydrogens (primary N) is 1. The summed E-state index contributed by atoms with van der Waals surface area (Å²) in [5, 5.41) is 10.6. The van der Waals surface area contributed by atoms with Crippen LogP contribution in [-0.4, -0.2) is 18.2 Å². The van der Waals surface area contributed by atoms with Gasteiger partial charge in [-0.3, -0.25) is 4.79 Å². The van der Waals surface area contributed by atoms with E-state index in [0.717, 1.165) is 34.9 Å². The fourth-order valence-electron chi connectivity index (χ4n) is 3.59. The largest absolute Gasteiger partial charge is 0.274 e. The maximum absolute atomic E-state index is 12.9. The van der Waals surface area contributed by atoms with Crippen LogP contribution in [0.3, 0.4) is 0 Å². The molecule has 7 heteroatoms. The van der Waals surface area contributed by atoms with Gasteiger partial charge in [-0.15, -0.1) is 0 Å². The van der Waals surface area contributed by atoms with Gasteiger partial charge < -0.3 is 0 Å². The van der Waals surface area contributed by atoms with Gasteiger partial charge in [0.05, 0.1) is 17.1 Å². The Morgan fingerprint density at radius 2 is 1.44 bits per heavy atom. The predicted molar refractivity (Wildman–Crippen MR) is 108 cm³/mol. The van der Waals surface area contributed by atoms with Crippen molar-refractivity contribution >= 4 is 21.7 Å². The summed E-state index contributed by atoms with van der Waals surface area (Å²) in [4.78, 5) is 12.9. The number of hydrogen-bond donors (Lipinski definition) is 2. The van der Waals surface area contributed by atoms with Gasteiger partial charge in [0.25, 0.3) is 5.56 Å². The van der Waals surface area contributed by atoms with E-state index in [4.69, 9.17) is 13.5 Å². The van der Waals surface area contributed by atoms with E-state index in [0.29, 0.717) is 0 Å². The summed E-state index contributed by atoms with van der Waals surface area (Å²) in [6, 6.07) is 18.2. The molecule has 0 aliphatic heterocycles. The number of nitrogens with zero attached hydrogens (tertiary/aromatic N) is 2. The van der Waals surface area contributed by atoms with Crippen LogP contribution in [0.4, 0.5) is 0 Å². The smallest absolute Gasteiger partial charge is 0.267 e. The van der Waals surface area contributed by atoms with Crippen molar-refractivity contribution in [3.8, 4) is 11.3 Å². The Morgan fingerprint density at radius 1 is 0.889 bits per heavy atom. The van der Waals surface area contributed by atoms with Gasteiger partial charge in [0, 0.05) is 10.9 Å². The van der Waals surface area contributed by atoms with Crippen molar-refractivity contribution in [1.29, 1.82) is 0 Å². The molecule has 2 aromatic carbocycles. The molecule has 0 bridgehead atoms. The molecule has 1 heterocycles. The van der Waals surface area contributed by atoms with Gasteiger partial charge in [-0.1, -0.05) is 67.8 Å². The summed E-state index contributed by atoms with van der Waals surface area (Å²) < 4.78 is 19.4. The van der Waals surface area contributed by atoms with E-state index < -0.39 is 10.9 Å². The van der Waals surface area contributed by atoms with E-state index in [9.17, 15) is 4.79 Å². The molecule has 142 valence electrons. The molecule has 2 N–H and O–H groups in total. The molecular weight excluding hydrogens is 362 g/mol. The highest BCUT2D eigenvalue weighted by Gasteiger charge is 2.20. The average Bonchev–Trinajstić information content (AvgIpc) is 2.69. The number of fused-ring (bicyclic) bond motifs is 1. The summed E-state index contributed by atoms with van der Waals surface area (Å²) in [6.45, 7) is 0. The lowest BCUT2D eigenvalue weighted by Crippen LogP contribution is -2.29. The van der Waals surface area contributed by atoms with Crippen molar-refractivity contribution in [2.24, 2.45) is 5.14 Å². The molecular formula is C20H23N3O3S. The van der Waals surface area contributed by atoms with Gasteiger partial charge in [-0.25, -0.2) is 18.2 Å². The Balaban J connectivity index is 0.000000481. The Kier molecular flexibility index (Phi) is 6.36. The monoisotopic (exact) mass is 385 g/mol. The standard InChI is InChI=1S/C20H20N2O.H3NO2S/c23-20-18-14-8-7-13-17(18)19(15-9-3-1-4-10-15)21-22(20)16-11-5-2-6-12-16;1-4(2)3/h1,3-4,7-10,13-14,16H,2,5-6,11-12H2;4H,(H2,1,2,3). The van der Waals surface area contributed by atoms with Crippen LogP contribution >= 0.6 is 0 Å². The zero-order valence-electron chi connectivity index (χ0n) is 15.0. The first-order valence-corrected chi connectivity index (χ1v) is 10.3. The van der Waals surface area contributed by atoms with Crippen LogP contribution in [0, 0.1) is 0 Å². The minimum atomic E-state index is -2.62. The van der Waals surface area contributed by atoms with Gasteiger partial charge in [-0.2, -0.15) is 5.10 Å². The summed E-state index contributed by atoms with van der Waals surface area (Å²) in [7, 11) is -2.62. The van der Waals surface area contributed by atoms with Crippen molar-refractivity contribution < 1.29 is 8.42 Å². The highest BCUT2D eigenvalue weighted by molar-refractivity contribution is 7.69. The molecule has 1 aliphatic rings. The van der Waals surface area contributed by atoms with E-state index in [1.165, 1.54) is 19.3 Å². The van der Waals surface area contributed by atoms with E-state index >= 15 is 0 Å². The Morgan fingerprint density at radius 3 is 2.07 bits per heavy atom. The topological polar surface area (TPSA) is 95.1 Å². The lowest BCUT2D eigenvalue weighted by atomic mass is 9.95. The van der Waals surface area contributed by atoms with Crippen LogP contribution in [0.5, 0.6) is 0 Å². The molecule has 6 nitrogen and oxygen atoms in total. The predicted octanol–water partition coefficient (Wildman–Crippen LogP) is 3.04. The van der Waals surface area contributed by atoms with Crippen molar-refractivity contribution in [3.05, 3.63) is 65.0 Å². The third kappa shape index (κ3) is 4.61. The fourth-order valence-corrected chi connectivity index (χ4v) is 3.59. The molecule has 0 saturated heterocycles. The summed E-state index contributed by atoms with van der Waals surface area (Å²) in [6.07, 6.45) is 5.75. The van der Waals surface area contributed by atoms with E-state index in [1.807, 2.05) is 42.5 Å². The summed E-state index contributed by atoms with van der Waals surface area (Å²) in [5.74, 6) is 0. The molecule has 4 rings (SSSR count). The first-order valence-electron chi connectivity index (χ1n) is 9.04. The molecule has 1 fully saturated rings. The van der Waals surface area contributed by atoms with Crippen LogP contribution in [0.1, 0.15) is 38.1 Å². The molecule has 27 heavy (non-hydrogen) atoms. The second-order valence-electron chi connectivity index (χ2n) is 6.59. The lowest BCUT2D eigenvalue weighted by Gasteiger charge is -2.24. The maximum atomic E-state index is 12.9. The quantitative estimate of drug-likeness (QED) is 0.663. The van der Waals surface area contributed by atoms with Crippen LogP contribution in [0.2, 0.25) is 0 Å². The van der Waals surface area contributed by atoms with Gasteiger partial charge in [-0.05, 0) is 18.9 Å². The zero-order valence-corrected chi connectivity index (χ0v) is 15.8. The van der Waals surface area contributed by atoms with Crippen molar-refractivity contribution in [2.75, 3.05) is 0 Å². The first-order chi connectivity index (χ1) is 13.1. The third-order valence-corrected chi connectivity index (χ3v) is 4.80. The van der Waals surface area contributed by atoms with Crippen molar-refractivity contribution in [1.82, 2.24) is 9.78 Å². The van der Waals surface area contributed by atoms with Crippen molar-refractivity contribution in [3.63, 3.8) is 0 Å². The van der Waals surface area contributed by atoms with E-state index in [1.54, 1.807) is 4.68 Å².